The largest absolute Gasteiger partial charge is 0.459 e. The number of hydrogen-bond acceptors (Lipinski definition) is 2. The van der Waals surface area contributed by atoms with Crippen molar-refractivity contribution in [3.8, 4) is 0 Å². The van der Waals surface area contributed by atoms with E-state index in [1.807, 2.05) is 18.2 Å². The third-order valence-electron chi connectivity index (χ3n) is 7.20. The molecular weight excluding hydrogens is 423 g/mol. The zero-order chi connectivity index (χ0) is 23.3. The van der Waals surface area contributed by atoms with Crippen LogP contribution in [0.4, 0.5) is 0 Å². The number of hydrogen-bond donors (Lipinski definition) is 0. The maximum atomic E-state index is 13.7. The van der Waals surface area contributed by atoms with Gasteiger partial charge < -0.3 is 4.74 Å². The molecule has 0 unspecified atom stereocenters. The van der Waals surface area contributed by atoms with E-state index in [1.54, 1.807) is 0 Å². The van der Waals surface area contributed by atoms with Crippen LogP contribution in [-0.2, 0) is 9.53 Å². The lowest BCUT2D eigenvalue weighted by Gasteiger charge is -2.37. The van der Waals surface area contributed by atoms with Crippen LogP contribution in [0.3, 0.4) is 0 Å². The van der Waals surface area contributed by atoms with Crippen molar-refractivity contribution in [1.82, 2.24) is 0 Å². The Bertz CT molecular complexity index is 920. The molecule has 2 nitrogen and oxygen atoms in total. The Hall–Kier alpha value is -2.44. The molecule has 3 atom stereocenters. The van der Waals surface area contributed by atoms with Crippen LogP contribution >= 0.6 is 7.26 Å². The fourth-order valence-electron chi connectivity index (χ4n) is 5.42. The van der Waals surface area contributed by atoms with Crippen LogP contribution in [0.5, 0.6) is 0 Å². The third kappa shape index (κ3) is 5.22. The Kier molecular flexibility index (Phi) is 7.66. The summed E-state index contributed by atoms with van der Waals surface area (Å²) in [5, 5.41) is 3.66. The molecule has 1 aliphatic rings. The summed E-state index contributed by atoms with van der Waals surface area (Å²) in [6, 6.07) is 31.7. The van der Waals surface area contributed by atoms with Crippen LogP contribution in [0, 0.1) is 17.8 Å². The SMILES string of the molecule is CC(C)[C@@H]1CC[C@@H](C)C[C@H]1OC(=O)C[P+](c1ccccc1)(c1ccccc1)c1ccccc1. The van der Waals surface area contributed by atoms with Crippen molar-refractivity contribution >= 4 is 29.1 Å². The smallest absolute Gasteiger partial charge is 0.345 e. The molecule has 4 rings (SSSR count). The molecule has 33 heavy (non-hydrogen) atoms. The summed E-state index contributed by atoms with van der Waals surface area (Å²) >= 11 is 0. The summed E-state index contributed by atoms with van der Waals surface area (Å²) < 4.78 is 6.34. The molecule has 3 aromatic rings. The van der Waals surface area contributed by atoms with Crippen LogP contribution in [0.15, 0.2) is 91.0 Å². The molecule has 3 heteroatoms. The second kappa shape index (κ2) is 10.7. The number of carbonyl (C=O) groups excluding carboxylic acids is 1. The molecule has 0 amide bonds. The molecule has 0 saturated heterocycles. The molecule has 0 radical (unpaired) electrons. The second-order valence-corrected chi connectivity index (χ2v) is 13.3. The van der Waals surface area contributed by atoms with Crippen molar-refractivity contribution in [3.05, 3.63) is 91.0 Å². The van der Waals surface area contributed by atoms with Gasteiger partial charge in [0.2, 0.25) is 0 Å². The summed E-state index contributed by atoms with van der Waals surface area (Å²) in [4.78, 5) is 13.7. The summed E-state index contributed by atoms with van der Waals surface area (Å²) in [5.74, 6) is 1.51. The van der Waals surface area contributed by atoms with E-state index in [0.29, 0.717) is 23.9 Å². The first kappa shape index (κ1) is 23.7. The van der Waals surface area contributed by atoms with Crippen LogP contribution in [0.25, 0.3) is 0 Å². The maximum Gasteiger partial charge on any atom is 0.345 e. The van der Waals surface area contributed by atoms with E-state index < -0.39 is 7.26 Å². The Labute approximate surface area is 199 Å². The number of esters is 1. The molecule has 0 heterocycles. The highest BCUT2D eigenvalue weighted by molar-refractivity contribution is 7.96. The molecule has 0 bridgehead atoms. The van der Waals surface area contributed by atoms with E-state index >= 15 is 0 Å². The first-order valence-corrected chi connectivity index (χ1v) is 14.2. The van der Waals surface area contributed by atoms with Crippen LogP contribution in [0.2, 0.25) is 0 Å². The highest BCUT2D eigenvalue weighted by Crippen LogP contribution is 2.55. The lowest BCUT2D eigenvalue weighted by atomic mass is 9.75. The average Bonchev–Trinajstić information content (AvgIpc) is 2.84. The van der Waals surface area contributed by atoms with Crippen LogP contribution < -0.4 is 15.9 Å². The van der Waals surface area contributed by atoms with Gasteiger partial charge in [0.15, 0.2) is 6.16 Å². The molecular formula is C30H36O2P+. The molecule has 3 aromatic carbocycles. The summed E-state index contributed by atoms with van der Waals surface area (Å²) in [5.41, 5.74) is 0. The predicted molar refractivity (Wildman–Crippen MR) is 141 cm³/mol. The number of rotatable bonds is 7. The monoisotopic (exact) mass is 459 g/mol. The van der Waals surface area contributed by atoms with Gasteiger partial charge in [0.1, 0.15) is 29.3 Å². The predicted octanol–water partition coefficient (Wildman–Crippen LogP) is 5.98. The quantitative estimate of drug-likeness (QED) is 0.321. The molecule has 1 aliphatic carbocycles. The summed E-state index contributed by atoms with van der Waals surface area (Å²) in [6.07, 6.45) is 3.76. The van der Waals surface area contributed by atoms with Crippen LogP contribution in [-0.4, -0.2) is 18.2 Å². The zero-order valence-electron chi connectivity index (χ0n) is 20.1. The van der Waals surface area contributed by atoms with Gasteiger partial charge in [0, 0.05) is 0 Å². The van der Waals surface area contributed by atoms with E-state index in [0.717, 1.165) is 12.8 Å². The highest BCUT2D eigenvalue weighted by Gasteiger charge is 2.48. The summed E-state index contributed by atoms with van der Waals surface area (Å²) in [6.45, 7) is 6.81. The topological polar surface area (TPSA) is 26.3 Å². The summed E-state index contributed by atoms with van der Waals surface area (Å²) in [7, 11) is -2.21. The fraction of sp³-hybridized carbons (Fsp3) is 0.367. The van der Waals surface area contributed by atoms with E-state index in [9.17, 15) is 4.79 Å². The molecule has 0 aliphatic heterocycles. The minimum Gasteiger partial charge on any atom is -0.459 e. The van der Waals surface area contributed by atoms with Gasteiger partial charge in [-0.1, -0.05) is 81.8 Å². The van der Waals surface area contributed by atoms with Gasteiger partial charge in [-0.25, -0.2) is 4.79 Å². The van der Waals surface area contributed by atoms with Gasteiger partial charge in [-0.15, -0.1) is 0 Å². The average molecular weight is 460 g/mol. The zero-order valence-corrected chi connectivity index (χ0v) is 21.0. The lowest BCUT2D eigenvalue weighted by molar-refractivity contribution is -0.152. The molecule has 0 spiro atoms. The number of carbonyl (C=O) groups is 1. The van der Waals surface area contributed by atoms with E-state index in [4.69, 9.17) is 4.74 Å². The first-order chi connectivity index (χ1) is 16.0. The van der Waals surface area contributed by atoms with E-state index in [2.05, 4.69) is 93.6 Å². The van der Waals surface area contributed by atoms with Crippen molar-refractivity contribution in [2.45, 2.75) is 46.1 Å². The van der Waals surface area contributed by atoms with Gasteiger partial charge in [0.05, 0.1) is 0 Å². The minimum atomic E-state index is -2.21. The standard InChI is InChI=1S/C30H36O2P/c1-23(2)28-20-19-24(3)21-29(28)32-30(31)22-33(25-13-7-4-8-14-25,26-15-9-5-10-16-26)27-17-11-6-12-18-27/h4-18,23-24,28-29H,19-22H2,1-3H3/q+1/t24-,28+,29-/m1/s1. The highest BCUT2D eigenvalue weighted by atomic mass is 31.2. The van der Waals surface area contributed by atoms with Crippen molar-refractivity contribution in [3.63, 3.8) is 0 Å². The Morgan fingerprint density at radius 1 is 0.818 bits per heavy atom. The van der Waals surface area contributed by atoms with E-state index in [1.165, 1.54) is 22.3 Å². The number of benzene rings is 3. The second-order valence-electron chi connectivity index (χ2n) is 9.83. The third-order valence-corrected chi connectivity index (χ3v) is 11.5. The van der Waals surface area contributed by atoms with Crippen LogP contribution in [0.1, 0.15) is 40.0 Å². The van der Waals surface area contributed by atoms with Gasteiger partial charge in [-0.05, 0) is 67.0 Å². The first-order valence-electron chi connectivity index (χ1n) is 12.2. The van der Waals surface area contributed by atoms with Crippen molar-refractivity contribution in [2.75, 3.05) is 6.16 Å². The van der Waals surface area contributed by atoms with E-state index in [-0.39, 0.29) is 12.1 Å². The van der Waals surface area contributed by atoms with Gasteiger partial charge >= 0.3 is 5.97 Å². The number of ether oxygens (including phenoxy) is 1. The Morgan fingerprint density at radius 3 is 1.70 bits per heavy atom. The Balaban J connectivity index is 1.75. The molecule has 1 saturated carbocycles. The van der Waals surface area contributed by atoms with Gasteiger partial charge in [-0.2, -0.15) is 0 Å². The van der Waals surface area contributed by atoms with Crippen molar-refractivity contribution in [1.29, 1.82) is 0 Å². The lowest BCUT2D eigenvalue weighted by Crippen LogP contribution is -2.40. The molecule has 1 fully saturated rings. The van der Waals surface area contributed by atoms with Gasteiger partial charge in [-0.3, -0.25) is 0 Å². The Morgan fingerprint density at radius 2 is 1.27 bits per heavy atom. The van der Waals surface area contributed by atoms with Crippen molar-refractivity contribution < 1.29 is 9.53 Å². The normalized spacial score (nSPS) is 21.0. The molecule has 0 aromatic heterocycles. The van der Waals surface area contributed by atoms with Gasteiger partial charge in [0.25, 0.3) is 0 Å². The maximum absolute atomic E-state index is 13.7. The minimum absolute atomic E-state index is 0.0190. The molecule has 0 N–H and O–H groups in total. The molecule has 172 valence electrons. The van der Waals surface area contributed by atoms with Crippen molar-refractivity contribution in [2.24, 2.45) is 17.8 Å². The fourth-order valence-corrected chi connectivity index (χ4v) is 9.37.